The second-order valence-corrected chi connectivity index (χ2v) is 5.22. The first kappa shape index (κ1) is 14.8. The molecule has 1 atom stereocenters. The van der Waals surface area contributed by atoms with Crippen molar-refractivity contribution < 1.29 is 18.3 Å². The van der Waals surface area contributed by atoms with Crippen LogP contribution in [0.1, 0.15) is 26.3 Å². The van der Waals surface area contributed by atoms with Crippen LogP contribution in [0, 0.1) is 0 Å². The maximum Gasteiger partial charge on any atom is 0.416 e. The van der Waals surface area contributed by atoms with Gasteiger partial charge in [-0.25, -0.2) is 0 Å². The van der Waals surface area contributed by atoms with Crippen LogP contribution in [0.25, 0.3) is 0 Å². The molecule has 6 heteroatoms. The monoisotopic (exact) mass is 263 g/mol. The molecule has 0 aliphatic carbocycles. The van der Waals surface area contributed by atoms with Gasteiger partial charge >= 0.3 is 6.18 Å². The lowest BCUT2D eigenvalue weighted by Gasteiger charge is -2.21. The van der Waals surface area contributed by atoms with Crippen molar-refractivity contribution in [1.29, 1.82) is 0 Å². The van der Waals surface area contributed by atoms with E-state index >= 15 is 0 Å². The van der Waals surface area contributed by atoms with Gasteiger partial charge in [0.2, 0.25) is 0 Å². The third-order valence-electron chi connectivity index (χ3n) is 2.60. The highest BCUT2D eigenvalue weighted by Gasteiger charge is 2.38. The Morgan fingerprint density at radius 3 is 2.28 bits per heavy atom. The van der Waals surface area contributed by atoms with Crippen molar-refractivity contribution in [1.82, 2.24) is 4.57 Å². The van der Waals surface area contributed by atoms with Gasteiger partial charge in [0, 0.05) is 12.3 Å². The Hall–Kier alpha value is -1.30. The van der Waals surface area contributed by atoms with E-state index in [2.05, 4.69) is 0 Å². The Morgan fingerprint density at radius 2 is 1.83 bits per heavy atom. The third kappa shape index (κ3) is 3.60. The minimum Gasteiger partial charge on any atom is -0.382 e. The number of hydrogen-bond donors (Lipinski definition) is 1. The van der Waals surface area contributed by atoms with Gasteiger partial charge in [0.1, 0.15) is 0 Å². The SMILES string of the molecule is CC(C)(C)c1ccc(=O)n(C[C@@H](O)C(F)(F)F)c1. The molecule has 0 saturated heterocycles. The summed E-state index contributed by atoms with van der Waals surface area (Å²) in [5, 5.41) is 8.97. The molecule has 0 aromatic carbocycles. The fraction of sp³-hybridized carbons (Fsp3) is 0.583. The molecule has 0 fully saturated rings. The molecule has 0 aliphatic rings. The third-order valence-corrected chi connectivity index (χ3v) is 2.60. The van der Waals surface area contributed by atoms with Gasteiger partial charge in [-0.1, -0.05) is 26.8 Å². The summed E-state index contributed by atoms with van der Waals surface area (Å²) in [6.07, 6.45) is -5.90. The average molecular weight is 263 g/mol. The minimum atomic E-state index is -4.73. The van der Waals surface area contributed by atoms with E-state index in [-0.39, 0.29) is 5.41 Å². The molecule has 1 aromatic heterocycles. The fourth-order valence-electron chi connectivity index (χ4n) is 1.41. The lowest BCUT2D eigenvalue weighted by Crippen LogP contribution is -2.36. The van der Waals surface area contributed by atoms with Crippen LogP contribution in [0.15, 0.2) is 23.1 Å². The molecular weight excluding hydrogens is 247 g/mol. The van der Waals surface area contributed by atoms with E-state index < -0.39 is 24.4 Å². The van der Waals surface area contributed by atoms with E-state index in [9.17, 15) is 18.0 Å². The number of halogens is 3. The van der Waals surface area contributed by atoms with E-state index in [1.165, 1.54) is 12.3 Å². The van der Waals surface area contributed by atoms with Crippen LogP contribution >= 0.6 is 0 Å². The van der Waals surface area contributed by atoms with Gasteiger partial charge in [-0.05, 0) is 11.0 Å². The van der Waals surface area contributed by atoms with Crippen molar-refractivity contribution in [2.24, 2.45) is 0 Å². The predicted octanol–water partition coefficient (Wildman–Crippen LogP) is 2.07. The molecule has 3 nitrogen and oxygen atoms in total. The summed E-state index contributed by atoms with van der Waals surface area (Å²) < 4.78 is 37.6. The first-order valence-electron chi connectivity index (χ1n) is 5.47. The number of rotatable bonds is 2. The number of alkyl halides is 3. The largest absolute Gasteiger partial charge is 0.416 e. The molecule has 0 unspecified atom stereocenters. The maximum absolute atomic E-state index is 12.2. The molecule has 1 N–H and O–H groups in total. The Labute approximate surface area is 103 Å². The van der Waals surface area contributed by atoms with Crippen molar-refractivity contribution in [2.45, 2.75) is 45.0 Å². The van der Waals surface area contributed by atoms with Crippen molar-refractivity contribution in [2.75, 3.05) is 0 Å². The molecule has 1 rings (SSSR count). The number of aliphatic hydroxyl groups is 1. The zero-order valence-corrected chi connectivity index (χ0v) is 10.5. The summed E-state index contributed by atoms with van der Waals surface area (Å²) in [4.78, 5) is 11.4. The number of aliphatic hydroxyl groups excluding tert-OH is 1. The van der Waals surface area contributed by atoms with E-state index in [0.29, 0.717) is 0 Å². The van der Waals surface area contributed by atoms with Crippen LogP contribution in [0.3, 0.4) is 0 Å². The molecular formula is C12H16F3NO2. The first-order chi connectivity index (χ1) is 8.01. The van der Waals surface area contributed by atoms with Crippen LogP contribution in [0.2, 0.25) is 0 Å². The van der Waals surface area contributed by atoms with Gasteiger partial charge in [-0.15, -0.1) is 0 Å². The molecule has 0 bridgehead atoms. The van der Waals surface area contributed by atoms with Crippen LogP contribution in [-0.4, -0.2) is 22.0 Å². The Morgan fingerprint density at radius 1 is 1.28 bits per heavy atom. The van der Waals surface area contributed by atoms with Gasteiger partial charge < -0.3 is 9.67 Å². The summed E-state index contributed by atoms with van der Waals surface area (Å²) in [6, 6.07) is 2.79. The van der Waals surface area contributed by atoms with Crippen LogP contribution in [0.5, 0.6) is 0 Å². The standard InChI is InChI=1S/C12H16F3NO2/c1-11(2,3)8-4-5-10(18)16(6-8)7-9(17)12(13,14)15/h4-6,9,17H,7H2,1-3H3/t9-/m1/s1. The Balaban J connectivity index is 3.07. The molecule has 102 valence electrons. The second kappa shape index (κ2) is 4.76. The highest BCUT2D eigenvalue weighted by Crippen LogP contribution is 2.23. The highest BCUT2D eigenvalue weighted by atomic mass is 19.4. The van der Waals surface area contributed by atoms with Crippen molar-refractivity contribution >= 4 is 0 Å². The Kier molecular flexibility index (Phi) is 3.90. The van der Waals surface area contributed by atoms with Gasteiger partial charge in [0.05, 0.1) is 6.54 Å². The van der Waals surface area contributed by atoms with Crippen LogP contribution in [0.4, 0.5) is 13.2 Å². The lowest BCUT2D eigenvalue weighted by atomic mass is 9.88. The lowest BCUT2D eigenvalue weighted by molar-refractivity contribution is -0.207. The van der Waals surface area contributed by atoms with E-state index in [0.717, 1.165) is 10.1 Å². The van der Waals surface area contributed by atoms with Gasteiger partial charge in [-0.3, -0.25) is 4.79 Å². The van der Waals surface area contributed by atoms with E-state index in [1.54, 1.807) is 6.07 Å². The van der Waals surface area contributed by atoms with Crippen molar-refractivity contribution in [3.63, 3.8) is 0 Å². The molecule has 18 heavy (non-hydrogen) atoms. The number of nitrogens with zero attached hydrogens (tertiary/aromatic N) is 1. The van der Waals surface area contributed by atoms with Crippen LogP contribution < -0.4 is 5.56 Å². The topological polar surface area (TPSA) is 42.2 Å². The Bertz CT molecular complexity index is 471. The van der Waals surface area contributed by atoms with Gasteiger partial charge in [0.15, 0.2) is 6.10 Å². The van der Waals surface area contributed by atoms with Gasteiger partial charge in [0.25, 0.3) is 5.56 Å². The van der Waals surface area contributed by atoms with Gasteiger partial charge in [-0.2, -0.15) is 13.2 Å². The summed E-state index contributed by atoms with van der Waals surface area (Å²) in [7, 11) is 0. The van der Waals surface area contributed by atoms with E-state index in [4.69, 9.17) is 5.11 Å². The summed E-state index contributed by atoms with van der Waals surface area (Å²) in [5.74, 6) is 0. The van der Waals surface area contributed by atoms with E-state index in [1.807, 2.05) is 20.8 Å². The first-order valence-corrected chi connectivity index (χ1v) is 5.47. The smallest absolute Gasteiger partial charge is 0.382 e. The second-order valence-electron chi connectivity index (χ2n) is 5.22. The molecule has 1 heterocycles. The molecule has 0 amide bonds. The molecule has 0 radical (unpaired) electrons. The zero-order valence-electron chi connectivity index (χ0n) is 10.5. The number of hydrogen-bond acceptors (Lipinski definition) is 2. The highest BCUT2D eigenvalue weighted by molar-refractivity contribution is 5.19. The van der Waals surface area contributed by atoms with Crippen molar-refractivity contribution in [3.8, 4) is 0 Å². The maximum atomic E-state index is 12.2. The average Bonchev–Trinajstić information content (AvgIpc) is 2.18. The van der Waals surface area contributed by atoms with Crippen molar-refractivity contribution in [3.05, 3.63) is 34.2 Å². The summed E-state index contributed by atoms with van der Waals surface area (Å²) in [6.45, 7) is 4.87. The quantitative estimate of drug-likeness (QED) is 0.887. The number of aromatic nitrogens is 1. The normalized spacial score (nSPS) is 14.6. The number of pyridine rings is 1. The predicted molar refractivity (Wildman–Crippen MR) is 61.5 cm³/mol. The molecule has 0 saturated carbocycles. The minimum absolute atomic E-state index is 0.279. The molecule has 1 aromatic rings. The van der Waals surface area contributed by atoms with Crippen LogP contribution in [-0.2, 0) is 12.0 Å². The fourth-order valence-corrected chi connectivity index (χ4v) is 1.41. The zero-order chi connectivity index (χ0) is 14.1. The molecule has 0 spiro atoms. The summed E-state index contributed by atoms with van der Waals surface area (Å²) in [5.41, 5.74) is -0.110. The summed E-state index contributed by atoms with van der Waals surface area (Å²) >= 11 is 0. The molecule has 0 aliphatic heterocycles.